The van der Waals surface area contributed by atoms with Crippen molar-refractivity contribution in [1.82, 2.24) is 0 Å². The predicted octanol–water partition coefficient (Wildman–Crippen LogP) is 2.86. The highest BCUT2D eigenvalue weighted by atomic mass is 19.1. The number of halogens is 2. The number of rotatable bonds is 2. The van der Waals surface area contributed by atoms with Crippen LogP contribution in [-0.2, 0) is 4.79 Å². The van der Waals surface area contributed by atoms with Crippen LogP contribution in [0, 0.1) is 27.2 Å². The van der Waals surface area contributed by atoms with Crippen molar-refractivity contribution in [2.75, 3.05) is 5.32 Å². The number of nitrogens with one attached hydrogen (secondary N) is 1. The van der Waals surface area contributed by atoms with Gasteiger partial charge in [-0.3, -0.25) is 14.9 Å². The number of nitrogens with zero attached hydrogens (tertiary/aromatic N) is 1. The molecule has 0 bridgehead atoms. The van der Waals surface area contributed by atoms with Gasteiger partial charge >= 0.3 is 0 Å². The molecule has 0 aliphatic rings. The second kappa shape index (κ2) is 4.67. The smallest absolute Gasteiger partial charge is 0.298 e. The van der Waals surface area contributed by atoms with Crippen LogP contribution in [0.25, 0.3) is 0 Å². The monoisotopic (exact) mass is 258 g/mol. The molecule has 0 radical (unpaired) electrons. The van der Waals surface area contributed by atoms with Gasteiger partial charge in [0.05, 0.1) is 11.0 Å². The molecule has 0 aliphatic heterocycles. The van der Waals surface area contributed by atoms with E-state index in [4.69, 9.17) is 0 Å². The third-order valence-electron chi connectivity index (χ3n) is 2.15. The van der Waals surface area contributed by atoms with Gasteiger partial charge in [0, 0.05) is 11.5 Å². The van der Waals surface area contributed by atoms with Gasteiger partial charge in [0.25, 0.3) is 5.69 Å². The summed E-state index contributed by atoms with van der Waals surface area (Å²) >= 11 is 0. The molecule has 0 heterocycles. The highest BCUT2D eigenvalue weighted by Gasteiger charge is 2.27. The molecule has 98 valence electrons. The van der Waals surface area contributed by atoms with Gasteiger partial charge in [-0.05, 0) is 0 Å². The standard InChI is InChI=1S/C11H12F2N2O3/c1-11(2,3)10(16)14-9-7(13)4-6(12)5-8(9)15(17)18/h4-5H,1-3H3,(H,14,16). The minimum absolute atomic E-state index is 0.477. The molecule has 1 rings (SSSR count). The summed E-state index contributed by atoms with van der Waals surface area (Å²) in [6.07, 6.45) is 0. The Hall–Kier alpha value is -2.05. The summed E-state index contributed by atoms with van der Waals surface area (Å²) in [6, 6.07) is 1.03. The third-order valence-corrected chi connectivity index (χ3v) is 2.15. The van der Waals surface area contributed by atoms with Crippen molar-refractivity contribution in [1.29, 1.82) is 0 Å². The van der Waals surface area contributed by atoms with Crippen LogP contribution in [0.3, 0.4) is 0 Å². The van der Waals surface area contributed by atoms with Crippen LogP contribution < -0.4 is 5.32 Å². The maximum Gasteiger partial charge on any atom is 0.298 e. The molecule has 0 saturated carbocycles. The minimum atomic E-state index is -1.18. The normalized spacial score (nSPS) is 11.2. The van der Waals surface area contributed by atoms with Crippen molar-refractivity contribution in [2.24, 2.45) is 5.41 Å². The highest BCUT2D eigenvalue weighted by molar-refractivity contribution is 5.96. The van der Waals surface area contributed by atoms with E-state index in [0.29, 0.717) is 12.1 Å². The third kappa shape index (κ3) is 2.99. The number of hydrogen-bond donors (Lipinski definition) is 1. The van der Waals surface area contributed by atoms with E-state index < -0.39 is 39.3 Å². The first kappa shape index (κ1) is 14.0. The fourth-order valence-electron chi connectivity index (χ4n) is 1.13. The summed E-state index contributed by atoms with van der Waals surface area (Å²) in [6.45, 7) is 4.70. The predicted molar refractivity (Wildman–Crippen MR) is 61.1 cm³/mol. The Bertz CT molecular complexity index is 510. The Morgan fingerprint density at radius 3 is 2.33 bits per heavy atom. The number of amides is 1. The Morgan fingerprint density at radius 2 is 1.89 bits per heavy atom. The summed E-state index contributed by atoms with van der Waals surface area (Å²) in [4.78, 5) is 21.4. The Labute approximate surface area is 102 Å². The van der Waals surface area contributed by atoms with Crippen molar-refractivity contribution in [3.63, 3.8) is 0 Å². The number of benzene rings is 1. The highest BCUT2D eigenvalue weighted by Crippen LogP contribution is 2.30. The Kier molecular flexibility index (Phi) is 3.64. The van der Waals surface area contributed by atoms with Gasteiger partial charge in [-0.2, -0.15) is 0 Å². The van der Waals surface area contributed by atoms with Gasteiger partial charge in [0.2, 0.25) is 5.91 Å². The maximum absolute atomic E-state index is 13.5. The molecule has 1 aromatic carbocycles. The summed E-state index contributed by atoms with van der Waals surface area (Å²) < 4.78 is 26.3. The van der Waals surface area contributed by atoms with Crippen molar-refractivity contribution in [3.8, 4) is 0 Å². The molecule has 0 aliphatic carbocycles. The summed E-state index contributed by atoms with van der Waals surface area (Å²) in [5, 5.41) is 12.8. The minimum Gasteiger partial charge on any atom is -0.317 e. The maximum atomic E-state index is 13.5. The summed E-state index contributed by atoms with van der Waals surface area (Å²) in [5.74, 6) is -2.86. The van der Waals surface area contributed by atoms with Gasteiger partial charge < -0.3 is 5.32 Å². The molecule has 5 nitrogen and oxygen atoms in total. The average molecular weight is 258 g/mol. The lowest BCUT2D eigenvalue weighted by Gasteiger charge is -2.17. The van der Waals surface area contributed by atoms with E-state index in [0.717, 1.165) is 0 Å². The molecule has 0 aromatic heterocycles. The SMILES string of the molecule is CC(C)(C)C(=O)Nc1c(F)cc(F)cc1[N+](=O)[O-]. The van der Waals surface area contributed by atoms with Crippen LogP contribution >= 0.6 is 0 Å². The van der Waals surface area contributed by atoms with Crippen LogP contribution in [0.4, 0.5) is 20.2 Å². The van der Waals surface area contributed by atoms with Crippen LogP contribution in [0.2, 0.25) is 0 Å². The molecule has 0 spiro atoms. The largest absolute Gasteiger partial charge is 0.317 e. The van der Waals surface area contributed by atoms with E-state index in [-0.39, 0.29) is 0 Å². The topological polar surface area (TPSA) is 72.2 Å². The van der Waals surface area contributed by atoms with E-state index >= 15 is 0 Å². The molecule has 0 fully saturated rings. The number of nitro benzene ring substituents is 1. The molecule has 18 heavy (non-hydrogen) atoms. The molecule has 7 heteroatoms. The number of carbonyl (C=O) groups is 1. The zero-order valence-corrected chi connectivity index (χ0v) is 10.1. The molecule has 1 N–H and O–H groups in total. The first-order valence-corrected chi connectivity index (χ1v) is 5.08. The fraction of sp³-hybridized carbons (Fsp3) is 0.364. The zero-order chi connectivity index (χ0) is 14.1. The van der Waals surface area contributed by atoms with Crippen LogP contribution in [0.1, 0.15) is 20.8 Å². The van der Waals surface area contributed by atoms with Crippen molar-refractivity contribution in [3.05, 3.63) is 33.9 Å². The fourth-order valence-corrected chi connectivity index (χ4v) is 1.13. The van der Waals surface area contributed by atoms with Gasteiger partial charge in [-0.15, -0.1) is 0 Å². The number of anilines is 1. The van der Waals surface area contributed by atoms with E-state index in [1.54, 1.807) is 20.8 Å². The average Bonchev–Trinajstić information content (AvgIpc) is 2.19. The van der Waals surface area contributed by atoms with Gasteiger partial charge in [-0.25, -0.2) is 8.78 Å². The van der Waals surface area contributed by atoms with Crippen molar-refractivity contribution >= 4 is 17.3 Å². The molecule has 0 unspecified atom stereocenters. The van der Waals surface area contributed by atoms with Gasteiger partial charge in [-0.1, -0.05) is 20.8 Å². The van der Waals surface area contributed by atoms with Gasteiger partial charge in [0.1, 0.15) is 5.82 Å². The van der Waals surface area contributed by atoms with E-state index in [9.17, 15) is 23.7 Å². The molecular weight excluding hydrogens is 246 g/mol. The molecule has 1 amide bonds. The second-order valence-corrected chi connectivity index (χ2v) is 4.74. The van der Waals surface area contributed by atoms with E-state index in [2.05, 4.69) is 5.32 Å². The van der Waals surface area contributed by atoms with Gasteiger partial charge in [0.15, 0.2) is 11.5 Å². The van der Waals surface area contributed by atoms with Crippen LogP contribution in [-0.4, -0.2) is 10.8 Å². The lowest BCUT2D eigenvalue weighted by molar-refractivity contribution is -0.384. The first-order valence-electron chi connectivity index (χ1n) is 5.08. The number of carbonyl (C=O) groups excluding carboxylic acids is 1. The first-order chi connectivity index (χ1) is 8.12. The Balaban J connectivity index is 3.24. The van der Waals surface area contributed by atoms with Crippen LogP contribution in [0.15, 0.2) is 12.1 Å². The quantitative estimate of drug-likeness (QED) is 0.654. The zero-order valence-electron chi connectivity index (χ0n) is 10.1. The summed E-state index contributed by atoms with van der Waals surface area (Å²) in [5.41, 5.74) is -2.29. The lowest BCUT2D eigenvalue weighted by Crippen LogP contribution is -2.28. The number of hydrogen-bond acceptors (Lipinski definition) is 3. The van der Waals surface area contributed by atoms with Crippen LogP contribution in [0.5, 0.6) is 0 Å². The molecule has 0 saturated heterocycles. The molecule has 0 atom stereocenters. The molecular formula is C11H12F2N2O3. The van der Waals surface area contributed by atoms with Crippen molar-refractivity contribution < 1.29 is 18.5 Å². The summed E-state index contributed by atoms with van der Waals surface area (Å²) in [7, 11) is 0. The molecule has 1 aromatic rings. The van der Waals surface area contributed by atoms with E-state index in [1.807, 2.05) is 0 Å². The second-order valence-electron chi connectivity index (χ2n) is 4.74. The lowest BCUT2D eigenvalue weighted by atomic mass is 9.95. The Morgan fingerprint density at radius 1 is 1.33 bits per heavy atom. The number of nitro groups is 1. The van der Waals surface area contributed by atoms with E-state index in [1.165, 1.54) is 0 Å². The van der Waals surface area contributed by atoms with Crippen molar-refractivity contribution in [2.45, 2.75) is 20.8 Å².